The minimum atomic E-state index is -0.993. The lowest BCUT2D eigenvalue weighted by atomic mass is 10.0. The molecule has 0 radical (unpaired) electrons. The molecule has 6 heteroatoms. The van der Waals surface area contributed by atoms with Crippen LogP contribution in [-0.2, 0) is 16.1 Å². The Morgan fingerprint density at radius 1 is 1.15 bits per heavy atom. The summed E-state index contributed by atoms with van der Waals surface area (Å²) in [5, 5.41) is 5.70. The molecule has 3 rings (SSSR count). The Labute approximate surface area is 153 Å². The Morgan fingerprint density at radius 3 is 2.58 bits per heavy atom. The number of carbonyl (C=O) groups excluding carboxylic acids is 2. The highest BCUT2D eigenvalue weighted by Crippen LogP contribution is 2.47. The van der Waals surface area contributed by atoms with Crippen LogP contribution in [0.1, 0.15) is 32.3 Å². The largest absolute Gasteiger partial charge is 0.489 e. The molecule has 0 saturated heterocycles. The molecule has 1 aliphatic rings. The number of amides is 2. The van der Waals surface area contributed by atoms with Crippen molar-refractivity contribution in [3.8, 4) is 5.75 Å². The lowest BCUT2D eigenvalue weighted by Crippen LogP contribution is -2.39. The highest BCUT2D eigenvalue weighted by atomic mass is 16.5. The molecule has 1 aromatic carbocycles. The van der Waals surface area contributed by atoms with Crippen LogP contribution < -0.4 is 15.4 Å². The number of hydrogen-bond donors (Lipinski definition) is 2. The van der Waals surface area contributed by atoms with Crippen LogP contribution in [0.15, 0.2) is 48.8 Å². The third kappa shape index (κ3) is 4.02. The van der Waals surface area contributed by atoms with Gasteiger partial charge in [0.2, 0.25) is 11.8 Å². The van der Waals surface area contributed by atoms with Crippen LogP contribution in [0.4, 0.5) is 5.69 Å². The maximum atomic E-state index is 12.7. The summed E-state index contributed by atoms with van der Waals surface area (Å²) in [4.78, 5) is 29.3. The predicted molar refractivity (Wildman–Crippen MR) is 98.6 cm³/mol. The molecule has 0 atom stereocenters. The summed E-state index contributed by atoms with van der Waals surface area (Å²) in [7, 11) is 0. The summed E-state index contributed by atoms with van der Waals surface area (Å²) in [6.45, 7) is 4.20. The Bertz CT molecular complexity index is 786. The number of ether oxygens (including phenoxy) is 1. The van der Waals surface area contributed by atoms with Gasteiger partial charge >= 0.3 is 0 Å². The van der Waals surface area contributed by atoms with Gasteiger partial charge in [-0.2, -0.15) is 0 Å². The van der Waals surface area contributed by atoms with Crippen molar-refractivity contribution in [2.75, 3.05) is 5.32 Å². The third-order valence-electron chi connectivity index (χ3n) is 4.29. The highest BCUT2D eigenvalue weighted by Gasteiger charge is 2.56. The van der Waals surface area contributed by atoms with Gasteiger partial charge in [0.05, 0.1) is 11.8 Å². The number of nitrogens with zero attached hydrogens (tertiary/aromatic N) is 1. The highest BCUT2D eigenvalue weighted by molar-refractivity contribution is 6.13. The van der Waals surface area contributed by atoms with Crippen molar-refractivity contribution in [2.45, 2.75) is 39.3 Å². The van der Waals surface area contributed by atoms with Crippen LogP contribution in [0.2, 0.25) is 0 Å². The average molecular weight is 353 g/mol. The zero-order valence-electron chi connectivity index (χ0n) is 15.0. The first-order valence-electron chi connectivity index (χ1n) is 8.75. The fraction of sp³-hybridized carbons (Fsp3) is 0.350. The monoisotopic (exact) mass is 353 g/mol. The fourth-order valence-electron chi connectivity index (χ4n) is 2.71. The number of carbonyl (C=O) groups is 2. The molecule has 2 N–H and O–H groups in total. The summed E-state index contributed by atoms with van der Waals surface area (Å²) >= 11 is 0. The minimum absolute atomic E-state index is 0.00859. The number of benzene rings is 1. The molecule has 1 heterocycles. The van der Waals surface area contributed by atoms with Crippen molar-refractivity contribution in [1.29, 1.82) is 0 Å². The number of pyridine rings is 1. The number of anilines is 1. The van der Waals surface area contributed by atoms with Crippen LogP contribution in [-0.4, -0.2) is 22.9 Å². The number of hydrogen-bond acceptors (Lipinski definition) is 4. The second-order valence-electron chi connectivity index (χ2n) is 6.74. The van der Waals surface area contributed by atoms with Crippen LogP contribution >= 0.6 is 0 Å². The molecular weight excluding hydrogens is 330 g/mol. The van der Waals surface area contributed by atoms with E-state index in [9.17, 15) is 9.59 Å². The fourth-order valence-corrected chi connectivity index (χ4v) is 2.71. The maximum absolute atomic E-state index is 12.7. The topological polar surface area (TPSA) is 80.3 Å². The van der Waals surface area contributed by atoms with Crippen molar-refractivity contribution in [3.05, 3.63) is 54.4 Å². The van der Waals surface area contributed by atoms with Gasteiger partial charge in [0, 0.05) is 18.9 Å². The van der Waals surface area contributed by atoms with E-state index in [4.69, 9.17) is 4.74 Å². The molecule has 6 nitrogen and oxygen atoms in total. The normalized spacial score (nSPS) is 14.6. The van der Waals surface area contributed by atoms with Gasteiger partial charge in [-0.15, -0.1) is 0 Å². The van der Waals surface area contributed by atoms with Crippen LogP contribution in [0.5, 0.6) is 5.75 Å². The predicted octanol–water partition coefficient (Wildman–Crippen LogP) is 2.90. The maximum Gasteiger partial charge on any atom is 0.240 e. The first-order chi connectivity index (χ1) is 12.5. The van der Waals surface area contributed by atoms with Gasteiger partial charge in [0.1, 0.15) is 11.2 Å². The minimum Gasteiger partial charge on any atom is -0.489 e. The van der Waals surface area contributed by atoms with E-state index in [1.165, 1.54) is 0 Å². The Hall–Kier alpha value is -2.89. The molecular formula is C20H23N3O3. The van der Waals surface area contributed by atoms with Gasteiger partial charge in [-0.25, -0.2) is 0 Å². The zero-order chi connectivity index (χ0) is 18.6. The van der Waals surface area contributed by atoms with E-state index in [1.807, 2.05) is 38.1 Å². The summed E-state index contributed by atoms with van der Waals surface area (Å²) in [5.41, 5.74) is 0.484. The van der Waals surface area contributed by atoms with Gasteiger partial charge in [-0.3, -0.25) is 14.6 Å². The van der Waals surface area contributed by atoms with Crippen molar-refractivity contribution in [3.63, 3.8) is 0 Å². The lowest BCUT2D eigenvalue weighted by molar-refractivity contribution is -0.134. The number of para-hydroxylation sites is 2. The zero-order valence-corrected chi connectivity index (χ0v) is 15.0. The SMILES string of the molecule is CC(C)Oc1ccccc1NC(=O)C1(C(=O)NCc2cccnc2)CC1. The summed E-state index contributed by atoms with van der Waals surface area (Å²) in [6.07, 6.45) is 4.46. The molecule has 1 aromatic heterocycles. The molecule has 0 spiro atoms. The van der Waals surface area contributed by atoms with E-state index in [0.29, 0.717) is 30.8 Å². The third-order valence-corrected chi connectivity index (χ3v) is 4.29. The Balaban J connectivity index is 1.65. The van der Waals surface area contributed by atoms with Gasteiger partial charge in [-0.1, -0.05) is 18.2 Å². The molecule has 1 saturated carbocycles. The summed E-state index contributed by atoms with van der Waals surface area (Å²) in [6, 6.07) is 10.9. The van der Waals surface area contributed by atoms with Gasteiger partial charge in [0.15, 0.2) is 0 Å². The summed E-state index contributed by atoms with van der Waals surface area (Å²) in [5.74, 6) is 0.0597. The Kier molecular flexibility index (Phi) is 5.21. The quantitative estimate of drug-likeness (QED) is 0.750. The molecule has 0 aliphatic heterocycles. The van der Waals surface area contributed by atoms with Gasteiger partial charge < -0.3 is 15.4 Å². The number of aromatic nitrogens is 1. The first kappa shape index (κ1) is 17.9. The van der Waals surface area contributed by atoms with E-state index in [2.05, 4.69) is 15.6 Å². The molecule has 2 aromatic rings. The van der Waals surface area contributed by atoms with E-state index in [0.717, 1.165) is 5.56 Å². The molecule has 1 fully saturated rings. The van der Waals surface area contributed by atoms with E-state index < -0.39 is 5.41 Å². The second-order valence-corrected chi connectivity index (χ2v) is 6.74. The standard InChI is InChI=1S/C20H23N3O3/c1-14(2)26-17-8-4-3-7-16(17)23-19(25)20(9-10-20)18(24)22-13-15-6-5-11-21-12-15/h3-8,11-12,14H,9-10,13H2,1-2H3,(H,22,24)(H,23,25). The van der Waals surface area contributed by atoms with Gasteiger partial charge in [-0.05, 0) is 50.5 Å². The molecule has 136 valence electrons. The van der Waals surface area contributed by atoms with Crippen molar-refractivity contribution < 1.29 is 14.3 Å². The summed E-state index contributed by atoms with van der Waals surface area (Å²) < 4.78 is 5.72. The van der Waals surface area contributed by atoms with Gasteiger partial charge in [0.25, 0.3) is 0 Å². The van der Waals surface area contributed by atoms with E-state index in [1.54, 1.807) is 24.5 Å². The molecule has 1 aliphatic carbocycles. The van der Waals surface area contributed by atoms with Crippen LogP contribution in [0.3, 0.4) is 0 Å². The van der Waals surface area contributed by atoms with Crippen LogP contribution in [0, 0.1) is 5.41 Å². The average Bonchev–Trinajstić information content (AvgIpc) is 3.44. The van der Waals surface area contributed by atoms with E-state index in [-0.39, 0.29) is 17.9 Å². The first-order valence-corrected chi connectivity index (χ1v) is 8.75. The lowest BCUT2D eigenvalue weighted by Gasteiger charge is -2.18. The van der Waals surface area contributed by atoms with Crippen molar-refractivity contribution in [2.24, 2.45) is 5.41 Å². The van der Waals surface area contributed by atoms with Crippen molar-refractivity contribution in [1.82, 2.24) is 10.3 Å². The second kappa shape index (κ2) is 7.56. The Morgan fingerprint density at radius 2 is 1.92 bits per heavy atom. The molecule has 26 heavy (non-hydrogen) atoms. The molecule has 0 bridgehead atoms. The number of rotatable bonds is 7. The number of nitrogens with one attached hydrogen (secondary N) is 2. The smallest absolute Gasteiger partial charge is 0.240 e. The molecule has 0 unspecified atom stereocenters. The van der Waals surface area contributed by atoms with Crippen molar-refractivity contribution >= 4 is 17.5 Å². The molecule has 2 amide bonds. The van der Waals surface area contributed by atoms with Crippen LogP contribution in [0.25, 0.3) is 0 Å². The van der Waals surface area contributed by atoms with E-state index >= 15 is 0 Å².